The minimum absolute atomic E-state index is 0.178. The third kappa shape index (κ3) is 5.69. The van der Waals surface area contributed by atoms with Gasteiger partial charge in [0.2, 0.25) is 5.91 Å². The van der Waals surface area contributed by atoms with Crippen LogP contribution in [-0.2, 0) is 9.53 Å². The second kappa shape index (κ2) is 10.7. The zero-order chi connectivity index (χ0) is 23.3. The Morgan fingerprint density at radius 3 is 2.44 bits per heavy atom. The van der Waals surface area contributed by atoms with E-state index in [1.807, 2.05) is 57.2 Å². The maximum atomic E-state index is 12.6. The summed E-state index contributed by atoms with van der Waals surface area (Å²) >= 11 is 7.34. The molecule has 1 heterocycles. The van der Waals surface area contributed by atoms with Gasteiger partial charge < -0.3 is 14.8 Å². The summed E-state index contributed by atoms with van der Waals surface area (Å²) < 4.78 is 10.8. The number of ether oxygens (including phenoxy) is 2. The Kier molecular flexibility index (Phi) is 7.94. The lowest BCUT2D eigenvalue weighted by Gasteiger charge is -2.10. The molecule has 3 rings (SSSR count). The van der Waals surface area contributed by atoms with Gasteiger partial charge in [-0.3, -0.25) is 4.79 Å². The first-order valence-electron chi connectivity index (χ1n) is 10.3. The minimum Gasteiger partial charge on any atom is -0.493 e. The van der Waals surface area contributed by atoms with Crippen LogP contribution in [0, 0.1) is 20.8 Å². The molecule has 0 atom stereocenters. The molecule has 168 valence electrons. The third-order valence-electron chi connectivity index (χ3n) is 5.01. The van der Waals surface area contributed by atoms with E-state index in [9.17, 15) is 9.59 Å². The SMILES string of the molecule is COC(=O)c1c(NC(=O)CCCOc2ccc(Cl)cc2C)sc(C)c1-c1ccc(C)cc1. The summed E-state index contributed by atoms with van der Waals surface area (Å²) in [6.07, 6.45) is 0.806. The number of amides is 1. The highest BCUT2D eigenvalue weighted by Crippen LogP contribution is 2.40. The summed E-state index contributed by atoms with van der Waals surface area (Å²) in [7, 11) is 1.34. The number of esters is 1. The number of hydrogen-bond donors (Lipinski definition) is 1. The number of aryl methyl sites for hydroxylation is 3. The Labute approximate surface area is 197 Å². The number of hydrogen-bond acceptors (Lipinski definition) is 5. The Hall–Kier alpha value is -2.83. The minimum atomic E-state index is -0.471. The van der Waals surface area contributed by atoms with Crippen LogP contribution in [0.25, 0.3) is 11.1 Å². The van der Waals surface area contributed by atoms with Crippen molar-refractivity contribution >= 4 is 39.8 Å². The van der Waals surface area contributed by atoms with Gasteiger partial charge in [0.15, 0.2) is 0 Å². The van der Waals surface area contributed by atoms with Crippen LogP contribution < -0.4 is 10.1 Å². The van der Waals surface area contributed by atoms with Crippen molar-refractivity contribution in [2.75, 3.05) is 19.0 Å². The molecule has 5 nitrogen and oxygen atoms in total. The van der Waals surface area contributed by atoms with Crippen LogP contribution in [0.5, 0.6) is 5.75 Å². The number of rotatable bonds is 8. The fraction of sp³-hybridized carbons (Fsp3) is 0.280. The molecule has 1 amide bonds. The maximum Gasteiger partial charge on any atom is 0.341 e. The first kappa shape index (κ1) is 23.8. The normalized spacial score (nSPS) is 10.7. The summed E-state index contributed by atoms with van der Waals surface area (Å²) in [5.74, 6) is 0.101. The Bertz CT molecular complexity index is 1120. The lowest BCUT2D eigenvalue weighted by atomic mass is 10.0. The van der Waals surface area contributed by atoms with Gasteiger partial charge in [0.1, 0.15) is 16.3 Å². The van der Waals surface area contributed by atoms with Gasteiger partial charge in [-0.25, -0.2) is 4.79 Å². The number of halogens is 1. The van der Waals surface area contributed by atoms with Crippen molar-refractivity contribution in [3.05, 3.63) is 69.1 Å². The van der Waals surface area contributed by atoms with Gasteiger partial charge in [-0.1, -0.05) is 41.4 Å². The number of anilines is 1. The van der Waals surface area contributed by atoms with Gasteiger partial charge >= 0.3 is 5.97 Å². The molecule has 0 unspecified atom stereocenters. The van der Waals surface area contributed by atoms with Gasteiger partial charge in [-0.05, 0) is 56.5 Å². The van der Waals surface area contributed by atoms with E-state index in [1.165, 1.54) is 18.4 Å². The Balaban J connectivity index is 1.68. The van der Waals surface area contributed by atoms with Gasteiger partial charge in [0, 0.05) is 21.9 Å². The lowest BCUT2D eigenvalue weighted by Crippen LogP contribution is -2.15. The molecule has 0 spiro atoms. The standard InChI is InChI=1S/C25H26ClNO4S/c1-15-7-9-18(10-8-15)22-17(3)32-24(23(22)25(29)30-4)27-21(28)6-5-13-31-20-12-11-19(26)14-16(20)2/h7-12,14H,5-6,13H2,1-4H3,(H,27,28). The highest BCUT2D eigenvalue weighted by Gasteiger charge is 2.25. The average Bonchev–Trinajstić information content (AvgIpc) is 3.08. The summed E-state index contributed by atoms with van der Waals surface area (Å²) in [5.41, 5.74) is 4.17. The van der Waals surface area contributed by atoms with Crippen LogP contribution in [0.15, 0.2) is 42.5 Å². The van der Waals surface area contributed by atoms with Crippen molar-refractivity contribution < 1.29 is 19.1 Å². The monoisotopic (exact) mass is 471 g/mol. The quantitative estimate of drug-likeness (QED) is 0.297. The van der Waals surface area contributed by atoms with Crippen molar-refractivity contribution in [2.24, 2.45) is 0 Å². The molecule has 0 aliphatic carbocycles. The van der Waals surface area contributed by atoms with E-state index >= 15 is 0 Å². The highest BCUT2D eigenvalue weighted by atomic mass is 35.5. The van der Waals surface area contributed by atoms with Crippen LogP contribution >= 0.6 is 22.9 Å². The molecule has 0 saturated carbocycles. The average molecular weight is 472 g/mol. The fourth-order valence-electron chi connectivity index (χ4n) is 3.38. The zero-order valence-corrected chi connectivity index (χ0v) is 20.2. The third-order valence-corrected chi connectivity index (χ3v) is 6.27. The second-order valence-electron chi connectivity index (χ2n) is 7.50. The molecular weight excluding hydrogens is 446 g/mol. The molecule has 3 aromatic rings. The second-order valence-corrected chi connectivity index (χ2v) is 9.17. The van der Waals surface area contributed by atoms with Crippen molar-refractivity contribution in [2.45, 2.75) is 33.6 Å². The summed E-state index contributed by atoms with van der Waals surface area (Å²) in [5, 5.41) is 4.05. The lowest BCUT2D eigenvalue weighted by molar-refractivity contribution is -0.116. The van der Waals surface area contributed by atoms with Crippen LogP contribution in [0.3, 0.4) is 0 Å². The molecule has 0 radical (unpaired) electrons. The van der Waals surface area contributed by atoms with E-state index in [0.717, 1.165) is 32.9 Å². The van der Waals surface area contributed by atoms with Crippen LogP contribution in [-0.4, -0.2) is 25.6 Å². The molecule has 2 aromatic carbocycles. The molecule has 1 aromatic heterocycles. The maximum absolute atomic E-state index is 12.6. The van der Waals surface area contributed by atoms with Gasteiger partial charge in [-0.15, -0.1) is 11.3 Å². The number of methoxy groups -OCH3 is 1. The van der Waals surface area contributed by atoms with E-state index in [-0.39, 0.29) is 12.3 Å². The van der Waals surface area contributed by atoms with E-state index in [0.29, 0.717) is 28.6 Å². The van der Waals surface area contributed by atoms with Crippen LogP contribution in [0.2, 0.25) is 5.02 Å². The number of carbonyl (C=O) groups is 2. The first-order valence-corrected chi connectivity index (χ1v) is 11.5. The number of nitrogens with one attached hydrogen (secondary N) is 1. The predicted octanol–water partition coefficient (Wildman–Crippen LogP) is 6.58. The zero-order valence-electron chi connectivity index (χ0n) is 18.6. The fourth-order valence-corrected chi connectivity index (χ4v) is 4.68. The van der Waals surface area contributed by atoms with Crippen molar-refractivity contribution in [1.82, 2.24) is 0 Å². The van der Waals surface area contributed by atoms with E-state index in [1.54, 1.807) is 6.07 Å². The predicted molar refractivity (Wildman–Crippen MR) is 130 cm³/mol. The van der Waals surface area contributed by atoms with E-state index in [2.05, 4.69) is 5.32 Å². The first-order chi connectivity index (χ1) is 15.3. The van der Waals surface area contributed by atoms with Gasteiger partial charge in [0.25, 0.3) is 0 Å². The molecule has 0 fully saturated rings. The summed E-state index contributed by atoms with van der Waals surface area (Å²) in [6.45, 7) is 6.27. The molecule has 0 aliphatic rings. The van der Waals surface area contributed by atoms with Crippen molar-refractivity contribution in [1.29, 1.82) is 0 Å². The van der Waals surface area contributed by atoms with Gasteiger partial charge in [-0.2, -0.15) is 0 Å². The topological polar surface area (TPSA) is 64.6 Å². The smallest absolute Gasteiger partial charge is 0.341 e. The van der Waals surface area contributed by atoms with Crippen LogP contribution in [0.1, 0.15) is 39.2 Å². The summed E-state index contributed by atoms with van der Waals surface area (Å²) in [4.78, 5) is 26.1. The van der Waals surface area contributed by atoms with Crippen molar-refractivity contribution in [3.8, 4) is 16.9 Å². The number of benzene rings is 2. The Morgan fingerprint density at radius 2 is 1.78 bits per heavy atom. The molecule has 32 heavy (non-hydrogen) atoms. The Morgan fingerprint density at radius 1 is 1.06 bits per heavy atom. The molecule has 0 bridgehead atoms. The van der Waals surface area contributed by atoms with E-state index < -0.39 is 5.97 Å². The number of carbonyl (C=O) groups excluding carboxylic acids is 2. The molecule has 0 saturated heterocycles. The largest absolute Gasteiger partial charge is 0.493 e. The summed E-state index contributed by atoms with van der Waals surface area (Å²) in [6, 6.07) is 13.4. The van der Waals surface area contributed by atoms with E-state index in [4.69, 9.17) is 21.1 Å². The molecule has 0 aliphatic heterocycles. The van der Waals surface area contributed by atoms with Crippen molar-refractivity contribution in [3.63, 3.8) is 0 Å². The molecule has 1 N–H and O–H groups in total. The van der Waals surface area contributed by atoms with Gasteiger partial charge in [0.05, 0.1) is 13.7 Å². The number of thiophene rings is 1. The molecule has 7 heteroatoms. The highest BCUT2D eigenvalue weighted by molar-refractivity contribution is 7.17. The molecular formula is C25H26ClNO4S. The van der Waals surface area contributed by atoms with Crippen LogP contribution in [0.4, 0.5) is 5.00 Å².